The van der Waals surface area contributed by atoms with E-state index in [2.05, 4.69) is 11.1 Å². The van der Waals surface area contributed by atoms with Crippen LogP contribution in [0.3, 0.4) is 0 Å². The molecule has 0 atom stereocenters. The summed E-state index contributed by atoms with van der Waals surface area (Å²) in [6, 6.07) is 0. The number of aliphatic hydroxyl groups is 1. The number of aryl methyl sites for hydroxylation is 1. The first-order valence-corrected chi connectivity index (χ1v) is 5.23. The van der Waals surface area contributed by atoms with Crippen molar-refractivity contribution in [1.29, 1.82) is 5.41 Å². The van der Waals surface area contributed by atoms with Crippen LogP contribution in [0, 0.1) is 5.41 Å². The number of hydrogen-bond donors (Lipinski definition) is 2. The van der Waals surface area contributed by atoms with E-state index in [1.54, 1.807) is 11.6 Å². The molecule has 5 heteroatoms. The van der Waals surface area contributed by atoms with E-state index in [9.17, 15) is 5.11 Å². The number of hydrogen-bond acceptors (Lipinski definition) is 4. The van der Waals surface area contributed by atoms with Gasteiger partial charge in [-0.05, 0) is 19.3 Å². The second kappa shape index (κ2) is 4.00. The van der Waals surface area contributed by atoms with Gasteiger partial charge < -0.3 is 14.4 Å². The van der Waals surface area contributed by atoms with Crippen molar-refractivity contribution in [3.63, 3.8) is 0 Å². The highest BCUT2D eigenvalue weighted by Crippen LogP contribution is 2.01. The lowest BCUT2D eigenvalue weighted by molar-refractivity contribution is 0.229. The maximum absolute atomic E-state index is 9.52. The molecule has 0 saturated heterocycles. The third-order valence-corrected chi connectivity index (χ3v) is 2.81. The maximum Gasteiger partial charge on any atom is 0.307 e. The summed E-state index contributed by atoms with van der Waals surface area (Å²) in [6.07, 6.45) is 5.03. The number of nitrogens with zero attached hydrogens (tertiary/aromatic N) is 2. The van der Waals surface area contributed by atoms with Gasteiger partial charge in [0.15, 0.2) is 10.8 Å². The molecule has 86 valence electrons. The Morgan fingerprint density at radius 1 is 1.62 bits per heavy atom. The van der Waals surface area contributed by atoms with Crippen molar-refractivity contribution in [3.8, 4) is 0 Å². The predicted molar refractivity (Wildman–Crippen MR) is 58.8 cm³/mol. The first-order valence-electron chi connectivity index (χ1n) is 5.23. The summed E-state index contributed by atoms with van der Waals surface area (Å²) in [5.74, 6) is -0.297. The molecule has 1 aliphatic carbocycles. The second-order valence-electron chi connectivity index (χ2n) is 3.81. The van der Waals surface area contributed by atoms with Crippen molar-refractivity contribution in [2.24, 2.45) is 7.05 Å². The van der Waals surface area contributed by atoms with Crippen molar-refractivity contribution in [2.45, 2.75) is 19.3 Å². The van der Waals surface area contributed by atoms with Crippen LogP contribution in [0.25, 0.3) is 12.0 Å². The monoisotopic (exact) mass is 221 g/mol. The van der Waals surface area contributed by atoms with Crippen molar-refractivity contribution >= 4 is 12.0 Å². The van der Waals surface area contributed by atoms with Gasteiger partial charge in [-0.2, -0.15) is 0 Å². The van der Waals surface area contributed by atoms with E-state index in [0.717, 1.165) is 30.3 Å². The predicted octanol–water partition coefficient (Wildman–Crippen LogP) is -0.714. The van der Waals surface area contributed by atoms with Crippen LogP contribution in [0.1, 0.15) is 18.5 Å². The van der Waals surface area contributed by atoms with Crippen LogP contribution < -0.4 is 16.2 Å². The zero-order valence-corrected chi connectivity index (χ0v) is 9.45. The summed E-state index contributed by atoms with van der Waals surface area (Å²) in [6.45, 7) is 0. The summed E-state index contributed by atoms with van der Waals surface area (Å²) < 4.78 is 6.46. The van der Waals surface area contributed by atoms with Gasteiger partial charge >= 0.3 is 5.95 Å². The van der Waals surface area contributed by atoms with Crippen LogP contribution in [0.5, 0.6) is 0 Å². The molecule has 0 unspecified atom stereocenters. The molecule has 0 amide bonds. The van der Waals surface area contributed by atoms with Crippen LogP contribution in [-0.2, 0) is 18.2 Å². The molecular weight excluding hydrogens is 206 g/mol. The van der Waals surface area contributed by atoms with Gasteiger partial charge in [0.05, 0.1) is 18.2 Å². The first-order chi connectivity index (χ1) is 7.65. The minimum Gasteiger partial charge on any atom is -0.479 e. The molecule has 0 spiro atoms. The Labute approximate surface area is 92.8 Å². The molecule has 2 rings (SSSR count). The average Bonchev–Trinajstić information content (AvgIpc) is 2.33. The Kier molecular flexibility index (Phi) is 2.68. The van der Waals surface area contributed by atoms with E-state index in [-0.39, 0.29) is 16.8 Å². The van der Waals surface area contributed by atoms with E-state index < -0.39 is 0 Å². The van der Waals surface area contributed by atoms with Gasteiger partial charge in [-0.1, -0.05) is 6.08 Å². The van der Waals surface area contributed by atoms with E-state index in [0.29, 0.717) is 0 Å². The molecular formula is C11H15N3O2. The third-order valence-electron chi connectivity index (χ3n) is 2.81. The lowest BCUT2D eigenvalue weighted by atomic mass is 10.1. The molecule has 16 heavy (non-hydrogen) atoms. The lowest BCUT2D eigenvalue weighted by Crippen LogP contribution is -2.47. The Morgan fingerprint density at radius 3 is 3.06 bits per heavy atom. The topological polar surface area (TPSA) is 71.1 Å². The fraction of sp³-hybridized carbons (Fsp3) is 0.455. The fourth-order valence-corrected chi connectivity index (χ4v) is 1.91. The summed E-state index contributed by atoms with van der Waals surface area (Å²) in [5.41, 5.74) is 1.08. The molecule has 0 saturated carbocycles. The maximum atomic E-state index is 9.52. The van der Waals surface area contributed by atoms with Crippen LogP contribution in [-0.4, -0.2) is 21.8 Å². The van der Waals surface area contributed by atoms with Gasteiger partial charge in [0.1, 0.15) is 0 Å². The number of aliphatic hydroxyl groups excluding tert-OH is 1. The average molecular weight is 221 g/mol. The van der Waals surface area contributed by atoms with Crippen LogP contribution in [0.2, 0.25) is 0 Å². The van der Waals surface area contributed by atoms with Gasteiger partial charge in [0.2, 0.25) is 0 Å². The van der Waals surface area contributed by atoms with E-state index in [4.69, 9.17) is 10.1 Å². The van der Waals surface area contributed by atoms with Crippen LogP contribution in [0.15, 0.2) is 0 Å². The molecule has 1 aromatic heterocycles. The van der Waals surface area contributed by atoms with Crippen molar-refractivity contribution in [2.75, 3.05) is 7.11 Å². The van der Waals surface area contributed by atoms with Gasteiger partial charge in [-0.25, -0.2) is 4.98 Å². The minimum atomic E-state index is -0.297. The number of rotatable bonds is 1. The van der Waals surface area contributed by atoms with Crippen molar-refractivity contribution in [1.82, 2.24) is 9.55 Å². The smallest absolute Gasteiger partial charge is 0.307 e. The number of nitrogens with one attached hydrogen (secondary N) is 1. The third kappa shape index (κ3) is 1.58. The summed E-state index contributed by atoms with van der Waals surface area (Å²) >= 11 is 0. The molecule has 1 aromatic rings. The van der Waals surface area contributed by atoms with Gasteiger partial charge in [0.25, 0.3) is 0 Å². The van der Waals surface area contributed by atoms with Crippen molar-refractivity contribution in [3.05, 3.63) is 21.9 Å². The molecule has 1 heterocycles. The fourth-order valence-electron chi connectivity index (χ4n) is 1.91. The molecule has 0 aliphatic heterocycles. The molecule has 1 aliphatic rings. The van der Waals surface area contributed by atoms with Crippen LogP contribution in [0.4, 0.5) is 0 Å². The lowest BCUT2D eigenvalue weighted by Gasteiger charge is -2.11. The highest BCUT2D eigenvalue weighted by atomic mass is 16.6. The highest BCUT2D eigenvalue weighted by molar-refractivity contribution is 5.28. The summed E-state index contributed by atoms with van der Waals surface area (Å²) in [7, 11) is 3.17. The van der Waals surface area contributed by atoms with Gasteiger partial charge in [-0.15, -0.1) is 0 Å². The van der Waals surface area contributed by atoms with E-state index >= 15 is 0 Å². The molecule has 0 radical (unpaired) electrons. The normalized spacial score (nSPS) is 16.1. The Bertz CT molecular complexity index is 586. The van der Waals surface area contributed by atoms with E-state index in [1.165, 1.54) is 7.11 Å². The van der Waals surface area contributed by atoms with Gasteiger partial charge in [-0.3, -0.25) is 5.41 Å². The molecule has 0 fully saturated rings. The zero-order chi connectivity index (χ0) is 11.7. The Hall–Kier alpha value is -1.78. The summed E-state index contributed by atoms with van der Waals surface area (Å²) in [4.78, 5) is 4.29. The largest absolute Gasteiger partial charge is 0.479 e. The summed E-state index contributed by atoms with van der Waals surface area (Å²) in [5, 5.41) is 18.6. The second-order valence-corrected chi connectivity index (χ2v) is 3.81. The highest BCUT2D eigenvalue weighted by Gasteiger charge is 2.09. The quantitative estimate of drug-likeness (QED) is 0.658. The van der Waals surface area contributed by atoms with Crippen molar-refractivity contribution < 1.29 is 9.84 Å². The Morgan fingerprint density at radius 2 is 2.38 bits per heavy atom. The first kappa shape index (κ1) is 10.7. The minimum absolute atomic E-state index is 0.163. The van der Waals surface area contributed by atoms with Crippen LogP contribution >= 0.6 is 0 Å². The Balaban J connectivity index is 2.89. The number of ether oxygens (including phenoxy) is 1. The standard InChI is InChI=1S/C11H15N3O2/c1-14-8-6-4-3-5-7(8)13-9(10(14)12)11(15)16-2/h6,12,15H,3-5H2,1-2H3. The number of aromatic nitrogens is 2. The molecule has 5 nitrogen and oxygen atoms in total. The molecule has 0 bridgehead atoms. The van der Waals surface area contributed by atoms with E-state index in [1.807, 2.05) is 0 Å². The van der Waals surface area contributed by atoms with Gasteiger partial charge in [0, 0.05) is 7.05 Å². The molecule has 0 aromatic carbocycles. The SMILES string of the molecule is COC(O)=c1nc2c(n(C)c1=N)=CCCC2. The molecule has 2 N–H and O–H groups in total. The number of methoxy groups -OCH3 is 1. The number of fused-ring (bicyclic) bond motifs is 1. The zero-order valence-electron chi connectivity index (χ0n) is 9.45.